The molecule has 1 fully saturated rings. The van der Waals surface area contributed by atoms with E-state index < -0.39 is 0 Å². The molecule has 0 radical (unpaired) electrons. The summed E-state index contributed by atoms with van der Waals surface area (Å²) in [5.41, 5.74) is 3.93. The van der Waals surface area contributed by atoms with Gasteiger partial charge in [0.15, 0.2) is 5.65 Å². The number of hydrogen-bond donors (Lipinski definition) is 1. The van der Waals surface area contributed by atoms with Crippen molar-refractivity contribution in [3.8, 4) is 5.69 Å². The van der Waals surface area contributed by atoms with Gasteiger partial charge < -0.3 is 15.1 Å². The molecule has 8 heteroatoms. The molecule has 3 aromatic rings. The SMILES string of the molecule is CCc1nc(N2CCN(C(=O)NC(C)C)CC2)c2c(C)nn(-c3ccccc3C)c2n1. The second kappa shape index (κ2) is 8.53. The first-order valence-corrected chi connectivity index (χ1v) is 11.0. The summed E-state index contributed by atoms with van der Waals surface area (Å²) in [7, 11) is 0. The first kappa shape index (κ1) is 21.1. The van der Waals surface area contributed by atoms with Gasteiger partial charge in [-0.1, -0.05) is 25.1 Å². The largest absolute Gasteiger partial charge is 0.352 e. The number of carbonyl (C=O) groups excluding carboxylic acids is 1. The highest BCUT2D eigenvalue weighted by atomic mass is 16.2. The van der Waals surface area contributed by atoms with Gasteiger partial charge >= 0.3 is 6.03 Å². The number of aromatic nitrogens is 4. The van der Waals surface area contributed by atoms with E-state index in [1.807, 2.05) is 42.5 Å². The third-order valence-corrected chi connectivity index (χ3v) is 5.67. The molecule has 4 rings (SSSR count). The number of carbonyl (C=O) groups is 1. The van der Waals surface area contributed by atoms with Crippen LogP contribution in [0.2, 0.25) is 0 Å². The second-order valence-corrected chi connectivity index (χ2v) is 8.38. The topological polar surface area (TPSA) is 79.2 Å². The fraction of sp³-hybridized carbons (Fsp3) is 0.478. The Bertz CT molecular complexity index is 1100. The van der Waals surface area contributed by atoms with Crippen molar-refractivity contribution in [3.05, 3.63) is 41.3 Å². The van der Waals surface area contributed by atoms with Gasteiger partial charge in [-0.05, 0) is 39.3 Å². The lowest BCUT2D eigenvalue weighted by molar-refractivity contribution is 0.192. The zero-order chi connectivity index (χ0) is 22.1. The molecule has 2 amide bonds. The third-order valence-electron chi connectivity index (χ3n) is 5.67. The summed E-state index contributed by atoms with van der Waals surface area (Å²) in [6, 6.07) is 8.34. The van der Waals surface area contributed by atoms with Crippen molar-refractivity contribution in [3.63, 3.8) is 0 Å². The summed E-state index contributed by atoms with van der Waals surface area (Å²) in [5.74, 6) is 1.72. The van der Waals surface area contributed by atoms with Crippen molar-refractivity contribution in [1.82, 2.24) is 30.0 Å². The number of amides is 2. The number of nitrogens with zero attached hydrogens (tertiary/aromatic N) is 6. The van der Waals surface area contributed by atoms with E-state index in [2.05, 4.69) is 36.2 Å². The first-order valence-electron chi connectivity index (χ1n) is 11.0. The lowest BCUT2D eigenvalue weighted by atomic mass is 10.2. The van der Waals surface area contributed by atoms with Crippen LogP contribution in [0.15, 0.2) is 24.3 Å². The fourth-order valence-corrected chi connectivity index (χ4v) is 4.02. The van der Waals surface area contributed by atoms with Gasteiger partial charge in [-0.15, -0.1) is 0 Å². The maximum absolute atomic E-state index is 12.4. The number of para-hydroxylation sites is 1. The van der Waals surface area contributed by atoms with Gasteiger partial charge in [-0.2, -0.15) is 5.10 Å². The van der Waals surface area contributed by atoms with E-state index in [1.54, 1.807) is 0 Å². The molecule has 1 aliphatic rings. The number of aryl methyl sites for hydroxylation is 3. The van der Waals surface area contributed by atoms with E-state index in [4.69, 9.17) is 15.1 Å². The summed E-state index contributed by atoms with van der Waals surface area (Å²) in [6.45, 7) is 12.9. The summed E-state index contributed by atoms with van der Waals surface area (Å²) >= 11 is 0. The maximum Gasteiger partial charge on any atom is 0.317 e. The van der Waals surface area contributed by atoms with Gasteiger partial charge in [0.05, 0.1) is 16.8 Å². The van der Waals surface area contributed by atoms with Crippen molar-refractivity contribution >= 4 is 22.9 Å². The van der Waals surface area contributed by atoms with E-state index in [1.165, 1.54) is 0 Å². The highest BCUT2D eigenvalue weighted by Gasteiger charge is 2.26. The predicted octanol–water partition coefficient (Wildman–Crippen LogP) is 3.23. The first-order chi connectivity index (χ1) is 14.9. The normalized spacial score (nSPS) is 14.5. The Morgan fingerprint density at radius 1 is 1.10 bits per heavy atom. The smallest absolute Gasteiger partial charge is 0.317 e. The van der Waals surface area contributed by atoms with E-state index >= 15 is 0 Å². The predicted molar refractivity (Wildman–Crippen MR) is 123 cm³/mol. The van der Waals surface area contributed by atoms with Crippen LogP contribution in [-0.2, 0) is 6.42 Å². The monoisotopic (exact) mass is 421 g/mol. The molecule has 0 spiro atoms. The van der Waals surface area contributed by atoms with E-state index in [-0.39, 0.29) is 12.1 Å². The summed E-state index contributed by atoms with van der Waals surface area (Å²) in [4.78, 5) is 26.3. The van der Waals surface area contributed by atoms with Crippen LogP contribution in [0.3, 0.4) is 0 Å². The highest BCUT2D eigenvalue weighted by Crippen LogP contribution is 2.30. The molecule has 31 heavy (non-hydrogen) atoms. The number of fused-ring (bicyclic) bond motifs is 1. The van der Waals surface area contributed by atoms with Gasteiger partial charge in [0.25, 0.3) is 0 Å². The maximum atomic E-state index is 12.4. The molecule has 2 aromatic heterocycles. The summed E-state index contributed by atoms with van der Waals surface area (Å²) in [5, 5.41) is 8.81. The molecule has 0 atom stereocenters. The summed E-state index contributed by atoms with van der Waals surface area (Å²) in [6.07, 6.45) is 0.748. The van der Waals surface area contributed by atoms with E-state index in [0.29, 0.717) is 13.1 Å². The van der Waals surface area contributed by atoms with Gasteiger partial charge in [-0.3, -0.25) is 0 Å². The Balaban J connectivity index is 1.71. The average molecular weight is 422 g/mol. The number of piperazine rings is 1. The van der Waals surface area contributed by atoms with Crippen molar-refractivity contribution < 1.29 is 4.79 Å². The van der Waals surface area contributed by atoms with Crippen molar-refractivity contribution in [2.45, 2.75) is 47.1 Å². The van der Waals surface area contributed by atoms with Crippen molar-refractivity contribution in [1.29, 1.82) is 0 Å². The number of hydrogen-bond acceptors (Lipinski definition) is 5. The molecule has 1 saturated heterocycles. The minimum Gasteiger partial charge on any atom is -0.352 e. The standard InChI is InChI=1S/C23H31N7O/c1-6-19-25-21(28-11-13-29(14-12-28)23(31)24-15(2)3)20-17(5)27-30(22(20)26-19)18-10-8-7-9-16(18)4/h7-10,15H,6,11-14H2,1-5H3,(H,24,31). The Kier molecular flexibility index (Phi) is 5.80. The molecule has 164 valence electrons. The number of nitrogens with one attached hydrogen (secondary N) is 1. The van der Waals surface area contributed by atoms with Crippen molar-refractivity contribution in [2.24, 2.45) is 0 Å². The molecule has 0 saturated carbocycles. The van der Waals surface area contributed by atoms with Crippen molar-refractivity contribution in [2.75, 3.05) is 31.1 Å². The van der Waals surface area contributed by atoms with Gasteiger partial charge in [0.2, 0.25) is 0 Å². The molecular weight excluding hydrogens is 390 g/mol. The quantitative estimate of drug-likeness (QED) is 0.700. The van der Waals surface area contributed by atoms with E-state index in [0.717, 1.165) is 59.1 Å². The van der Waals surface area contributed by atoms with Crippen LogP contribution in [0.1, 0.15) is 37.9 Å². The summed E-state index contributed by atoms with van der Waals surface area (Å²) < 4.78 is 1.94. The van der Waals surface area contributed by atoms with Gasteiger partial charge in [0.1, 0.15) is 11.6 Å². The Hall–Kier alpha value is -3.16. The molecular formula is C23H31N7O. The van der Waals surface area contributed by atoms with Crippen LogP contribution >= 0.6 is 0 Å². The number of urea groups is 1. The fourth-order valence-electron chi connectivity index (χ4n) is 4.02. The van der Waals surface area contributed by atoms with E-state index in [9.17, 15) is 4.79 Å². The zero-order valence-corrected chi connectivity index (χ0v) is 19.0. The van der Waals surface area contributed by atoms with Crippen LogP contribution in [0.4, 0.5) is 10.6 Å². The van der Waals surface area contributed by atoms with Gasteiger partial charge in [-0.25, -0.2) is 19.4 Å². The number of anilines is 1. The van der Waals surface area contributed by atoms with Crippen LogP contribution in [0.5, 0.6) is 0 Å². The Morgan fingerprint density at radius 3 is 2.45 bits per heavy atom. The zero-order valence-electron chi connectivity index (χ0n) is 19.0. The molecule has 1 N–H and O–H groups in total. The molecule has 0 bridgehead atoms. The van der Waals surface area contributed by atoms with Crippen LogP contribution in [-0.4, -0.2) is 62.9 Å². The average Bonchev–Trinajstić information content (AvgIpc) is 3.09. The lowest BCUT2D eigenvalue weighted by Crippen LogP contribution is -2.53. The second-order valence-electron chi connectivity index (χ2n) is 8.38. The molecule has 1 aromatic carbocycles. The highest BCUT2D eigenvalue weighted by molar-refractivity contribution is 5.91. The Labute approximate surface area is 183 Å². The Morgan fingerprint density at radius 2 is 1.81 bits per heavy atom. The molecule has 3 heterocycles. The van der Waals surface area contributed by atoms with Crippen LogP contribution < -0.4 is 10.2 Å². The minimum atomic E-state index is 0.000264. The van der Waals surface area contributed by atoms with Crippen LogP contribution in [0, 0.1) is 13.8 Å². The van der Waals surface area contributed by atoms with Gasteiger partial charge in [0, 0.05) is 38.6 Å². The minimum absolute atomic E-state index is 0.000264. The number of benzene rings is 1. The molecule has 8 nitrogen and oxygen atoms in total. The number of rotatable bonds is 4. The molecule has 0 aliphatic carbocycles. The molecule has 1 aliphatic heterocycles. The third kappa shape index (κ3) is 4.06. The van der Waals surface area contributed by atoms with Crippen LogP contribution in [0.25, 0.3) is 16.7 Å². The molecule has 0 unspecified atom stereocenters. The lowest BCUT2D eigenvalue weighted by Gasteiger charge is -2.36.